The number of hydrogen-bond donors (Lipinski definition) is 3. The van der Waals surface area contributed by atoms with Gasteiger partial charge in [-0.2, -0.15) is 4.31 Å². The second-order valence-corrected chi connectivity index (χ2v) is 9.05. The number of nitrogens with two attached hydrogens (primary N) is 1. The topological polar surface area (TPSA) is 122 Å². The average molecular weight is 420 g/mol. The van der Waals surface area contributed by atoms with Gasteiger partial charge in [0.25, 0.3) is 0 Å². The third kappa shape index (κ3) is 5.33. The van der Waals surface area contributed by atoms with Crippen molar-refractivity contribution in [1.82, 2.24) is 4.31 Å². The fourth-order valence-corrected chi connectivity index (χ4v) is 4.91. The van der Waals surface area contributed by atoms with Gasteiger partial charge in [0.2, 0.25) is 10.0 Å². The van der Waals surface area contributed by atoms with Crippen LogP contribution in [0.15, 0.2) is 59.5 Å². The van der Waals surface area contributed by atoms with Crippen LogP contribution in [0.2, 0.25) is 0 Å². The minimum absolute atomic E-state index is 0.0953. The smallest absolute Gasteiger partial charge is 0.409 e. The van der Waals surface area contributed by atoms with E-state index in [0.29, 0.717) is 12.1 Å². The molecule has 0 saturated carbocycles. The summed E-state index contributed by atoms with van der Waals surface area (Å²) in [7, 11) is -3.76. The van der Waals surface area contributed by atoms with Crippen LogP contribution in [0.25, 0.3) is 0 Å². The van der Waals surface area contributed by atoms with E-state index in [1.165, 1.54) is 28.6 Å². The first-order valence-electron chi connectivity index (χ1n) is 9.31. The van der Waals surface area contributed by atoms with E-state index >= 15 is 0 Å². The molecule has 1 aliphatic heterocycles. The Bertz CT molecular complexity index is 934. The summed E-state index contributed by atoms with van der Waals surface area (Å²) in [5.41, 5.74) is 7.71. The largest absolute Gasteiger partial charge is 0.465 e. The van der Waals surface area contributed by atoms with E-state index in [9.17, 15) is 13.2 Å². The summed E-state index contributed by atoms with van der Waals surface area (Å²) < 4.78 is 33.5. The predicted molar refractivity (Wildman–Crippen MR) is 109 cm³/mol. The Morgan fingerprint density at radius 3 is 2.48 bits per heavy atom. The van der Waals surface area contributed by atoms with Gasteiger partial charge in [0.15, 0.2) is 0 Å². The third-order valence-electron chi connectivity index (χ3n) is 4.79. The number of carbonyl (C=O) groups is 1. The highest BCUT2D eigenvalue weighted by atomic mass is 32.2. The SMILES string of the molecule is CC1CN(S(=O)(=O)c2ccc(NC(=O)O)cc2)CC(C(N)Cc2ccccc2)O1. The highest BCUT2D eigenvalue weighted by molar-refractivity contribution is 7.89. The van der Waals surface area contributed by atoms with Gasteiger partial charge in [0.1, 0.15) is 0 Å². The van der Waals surface area contributed by atoms with E-state index in [1.54, 1.807) is 0 Å². The normalized spacial score (nSPS) is 21.4. The molecule has 3 rings (SSSR count). The Kier molecular flexibility index (Phi) is 6.53. The summed E-state index contributed by atoms with van der Waals surface area (Å²) in [6.07, 6.45) is -1.35. The van der Waals surface area contributed by atoms with Crippen molar-refractivity contribution in [3.05, 3.63) is 60.2 Å². The van der Waals surface area contributed by atoms with E-state index in [-0.39, 0.29) is 30.1 Å². The maximum absolute atomic E-state index is 13.1. The lowest BCUT2D eigenvalue weighted by atomic mass is 10.0. The van der Waals surface area contributed by atoms with Crippen LogP contribution in [0, 0.1) is 0 Å². The molecule has 0 spiro atoms. The molecule has 1 aliphatic rings. The van der Waals surface area contributed by atoms with E-state index in [4.69, 9.17) is 15.6 Å². The maximum atomic E-state index is 13.1. The van der Waals surface area contributed by atoms with Gasteiger partial charge in [-0.15, -0.1) is 0 Å². The lowest BCUT2D eigenvalue weighted by Crippen LogP contribution is -2.55. The van der Waals surface area contributed by atoms with E-state index in [2.05, 4.69) is 5.32 Å². The summed E-state index contributed by atoms with van der Waals surface area (Å²) in [6, 6.07) is 15.0. The van der Waals surface area contributed by atoms with Crippen molar-refractivity contribution in [3.8, 4) is 0 Å². The number of nitrogens with one attached hydrogen (secondary N) is 1. The molecule has 9 heteroatoms. The maximum Gasteiger partial charge on any atom is 0.409 e. The molecule has 1 amide bonds. The van der Waals surface area contributed by atoms with Gasteiger partial charge in [0.05, 0.1) is 17.1 Å². The number of rotatable bonds is 6. The fourth-order valence-electron chi connectivity index (χ4n) is 3.38. The van der Waals surface area contributed by atoms with Crippen LogP contribution >= 0.6 is 0 Å². The molecule has 1 heterocycles. The van der Waals surface area contributed by atoms with Crippen LogP contribution in [0.3, 0.4) is 0 Å². The standard InChI is InChI=1S/C20H25N3O5S/c1-14-12-23(13-19(28-14)18(21)11-15-5-3-2-4-6-15)29(26,27)17-9-7-16(8-10-17)22-20(24)25/h2-10,14,18-19,22H,11-13,21H2,1H3,(H,24,25). The molecule has 1 fully saturated rings. The lowest BCUT2D eigenvalue weighted by Gasteiger charge is -2.38. The van der Waals surface area contributed by atoms with Gasteiger partial charge >= 0.3 is 6.09 Å². The van der Waals surface area contributed by atoms with Crippen molar-refractivity contribution in [2.24, 2.45) is 5.73 Å². The second-order valence-electron chi connectivity index (χ2n) is 7.12. The number of morpholine rings is 1. The molecule has 3 unspecified atom stereocenters. The van der Waals surface area contributed by atoms with Crippen molar-refractivity contribution in [1.29, 1.82) is 0 Å². The Balaban J connectivity index is 1.74. The predicted octanol–water partition coefficient (Wildman–Crippen LogP) is 2.12. The van der Waals surface area contributed by atoms with Gasteiger partial charge in [-0.25, -0.2) is 13.2 Å². The molecular formula is C20H25N3O5S. The first-order valence-corrected chi connectivity index (χ1v) is 10.7. The van der Waals surface area contributed by atoms with Gasteiger partial charge in [-0.05, 0) is 43.2 Å². The molecule has 0 bridgehead atoms. The van der Waals surface area contributed by atoms with Crippen LogP contribution in [-0.2, 0) is 21.2 Å². The Hall–Kier alpha value is -2.46. The van der Waals surface area contributed by atoms with Gasteiger partial charge < -0.3 is 15.6 Å². The highest BCUT2D eigenvalue weighted by Crippen LogP contribution is 2.24. The van der Waals surface area contributed by atoms with Crippen LogP contribution in [0.5, 0.6) is 0 Å². The molecule has 156 valence electrons. The molecule has 0 radical (unpaired) electrons. The number of benzene rings is 2. The number of hydrogen-bond acceptors (Lipinski definition) is 5. The third-order valence-corrected chi connectivity index (χ3v) is 6.63. The van der Waals surface area contributed by atoms with Gasteiger partial charge in [0, 0.05) is 24.8 Å². The van der Waals surface area contributed by atoms with Crippen LogP contribution in [-0.4, -0.2) is 55.3 Å². The Morgan fingerprint density at radius 1 is 1.21 bits per heavy atom. The number of amides is 1. The zero-order valence-electron chi connectivity index (χ0n) is 16.1. The van der Waals surface area contributed by atoms with Crippen LogP contribution in [0.1, 0.15) is 12.5 Å². The fraction of sp³-hybridized carbons (Fsp3) is 0.350. The number of ether oxygens (including phenoxy) is 1. The van der Waals surface area contributed by atoms with Crippen molar-refractivity contribution in [2.45, 2.75) is 36.5 Å². The zero-order chi connectivity index (χ0) is 21.0. The molecular weight excluding hydrogens is 394 g/mol. The Labute approximate surface area is 170 Å². The van der Waals surface area contributed by atoms with Crippen LogP contribution in [0.4, 0.5) is 10.5 Å². The summed E-state index contributed by atoms with van der Waals surface area (Å²) in [5, 5.41) is 10.9. The minimum Gasteiger partial charge on any atom is -0.465 e. The average Bonchev–Trinajstić information content (AvgIpc) is 2.68. The van der Waals surface area contributed by atoms with Crippen LogP contribution < -0.4 is 11.1 Å². The van der Waals surface area contributed by atoms with Gasteiger partial charge in [-0.3, -0.25) is 5.32 Å². The highest BCUT2D eigenvalue weighted by Gasteiger charge is 2.36. The van der Waals surface area contributed by atoms with E-state index in [0.717, 1.165) is 5.56 Å². The lowest BCUT2D eigenvalue weighted by molar-refractivity contribution is -0.0645. The molecule has 0 aliphatic carbocycles. The summed E-state index contributed by atoms with van der Waals surface area (Å²) in [6.45, 7) is 2.21. The quantitative estimate of drug-likeness (QED) is 0.659. The monoisotopic (exact) mass is 419 g/mol. The van der Waals surface area contributed by atoms with Gasteiger partial charge in [-0.1, -0.05) is 30.3 Å². The first-order chi connectivity index (χ1) is 13.8. The number of anilines is 1. The molecule has 29 heavy (non-hydrogen) atoms. The zero-order valence-corrected chi connectivity index (χ0v) is 16.9. The minimum atomic E-state index is -3.76. The van der Waals surface area contributed by atoms with E-state index < -0.39 is 22.2 Å². The van der Waals surface area contributed by atoms with Crippen molar-refractivity contribution < 1.29 is 23.1 Å². The molecule has 2 aromatic carbocycles. The first kappa shape index (κ1) is 21.3. The molecule has 8 nitrogen and oxygen atoms in total. The number of sulfonamides is 1. The molecule has 2 aromatic rings. The second kappa shape index (κ2) is 8.91. The number of carboxylic acid groups (broad SMARTS) is 1. The summed E-state index contributed by atoms with van der Waals surface area (Å²) in [5.74, 6) is 0. The molecule has 3 atom stereocenters. The molecule has 0 aromatic heterocycles. The van der Waals surface area contributed by atoms with Crippen molar-refractivity contribution in [2.75, 3.05) is 18.4 Å². The van der Waals surface area contributed by atoms with Crippen molar-refractivity contribution >= 4 is 21.8 Å². The number of nitrogens with zero attached hydrogens (tertiary/aromatic N) is 1. The molecule has 4 N–H and O–H groups in total. The van der Waals surface area contributed by atoms with E-state index in [1.807, 2.05) is 37.3 Å². The van der Waals surface area contributed by atoms with Crippen molar-refractivity contribution in [3.63, 3.8) is 0 Å². The molecule has 1 saturated heterocycles. The Morgan fingerprint density at radius 2 is 1.86 bits per heavy atom. The summed E-state index contributed by atoms with van der Waals surface area (Å²) in [4.78, 5) is 10.8. The summed E-state index contributed by atoms with van der Waals surface area (Å²) >= 11 is 0.